The summed E-state index contributed by atoms with van der Waals surface area (Å²) < 4.78 is 5.23. The highest BCUT2D eigenvalue weighted by Gasteiger charge is 2.48. The molecule has 1 aromatic carbocycles. The van der Waals surface area contributed by atoms with Crippen LogP contribution in [-0.2, 0) is 10.4 Å². The molecule has 1 aromatic rings. The summed E-state index contributed by atoms with van der Waals surface area (Å²) in [7, 11) is 1.61. The van der Waals surface area contributed by atoms with Crippen molar-refractivity contribution >= 4 is 5.97 Å². The molecular formula is C14H18O4. The summed E-state index contributed by atoms with van der Waals surface area (Å²) in [5, 5.41) is 19.4. The maximum absolute atomic E-state index is 10.8. The number of aliphatic hydroxyl groups is 1. The van der Waals surface area contributed by atoms with Crippen LogP contribution < -0.4 is 4.74 Å². The van der Waals surface area contributed by atoms with E-state index < -0.39 is 17.5 Å². The van der Waals surface area contributed by atoms with E-state index in [1.807, 2.05) is 26.0 Å². The first kappa shape index (κ1) is 12.9. The van der Waals surface area contributed by atoms with Crippen molar-refractivity contribution in [2.24, 2.45) is 5.92 Å². The number of aryl methyl sites for hydroxylation is 2. The van der Waals surface area contributed by atoms with Crippen LogP contribution in [0.4, 0.5) is 0 Å². The minimum absolute atomic E-state index is 0.287. The molecule has 2 rings (SSSR count). The molecule has 1 aliphatic rings. The second-order valence-electron chi connectivity index (χ2n) is 5.11. The summed E-state index contributed by atoms with van der Waals surface area (Å²) in [6.45, 7) is 3.82. The Morgan fingerprint density at radius 3 is 2.44 bits per heavy atom. The first-order chi connectivity index (χ1) is 8.37. The van der Waals surface area contributed by atoms with E-state index in [1.165, 1.54) is 0 Å². The Morgan fingerprint density at radius 1 is 1.33 bits per heavy atom. The number of carboxylic acids is 1. The average molecular weight is 250 g/mol. The van der Waals surface area contributed by atoms with Crippen molar-refractivity contribution in [2.75, 3.05) is 7.11 Å². The number of methoxy groups -OCH3 is 1. The van der Waals surface area contributed by atoms with Crippen molar-refractivity contribution in [1.29, 1.82) is 0 Å². The number of carboxylic acid groups (broad SMARTS) is 1. The van der Waals surface area contributed by atoms with Crippen LogP contribution in [0, 0.1) is 19.8 Å². The Bertz CT molecular complexity index is 487. The molecule has 1 aliphatic carbocycles. The lowest BCUT2D eigenvalue weighted by Crippen LogP contribution is -2.45. The molecule has 98 valence electrons. The Kier molecular flexibility index (Phi) is 3.07. The predicted molar refractivity (Wildman–Crippen MR) is 66.7 cm³/mol. The van der Waals surface area contributed by atoms with Crippen LogP contribution in [0.3, 0.4) is 0 Å². The van der Waals surface area contributed by atoms with E-state index in [4.69, 9.17) is 9.84 Å². The monoisotopic (exact) mass is 250 g/mol. The zero-order chi connectivity index (χ0) is 13.5. The van der Waals surface area contributed by atoms with Crippen molar-refractivity contribution in [3.63, 3.8) is 0 Å². The number of ether oxygens (including phenoxy) is 1. The van der Waals surface area contributed by atoms with Gasteiger partial charge in [0.1, 0.15) is 5.75 Å². The molecule has 1 saturated carbocycles. The molecule has 4 nitrogen and oxygen atoms in total. The molecule has 0 aromatic heterocycles. The molecular weight excluding hydrogens is 232 g/mol. The highest BCUT2D eigenvalue weighted by Crippen LogP contribution is 2.47. The number of carbonyl (C=O) groups is 1. The minimum Gasteiger partial charge on any atom is -0.496 e. The van der Waals surface area contributed by atoms with Gasteiger partial charge in [0.2, 0.25) is 0 Å². The van der Waals surface area contributed by atoms with Gasteiger partial charge in [0.05, 0.1) is 18.6 Å². The van der Waals surface area contributed by atoms with E-state index in [1.54, 1.807) is 7.11 Å². The van der Waals surface area contributed by atoms with Gasteiger partial charge in [-0.2, -0.15) is 0 Å². The molecule has 4 heteroatoms. The minimum atomic E-state index is -0.996. The fourth-order valence-corrected chi connectivity index (χ4v) is 2.66. The molecule has 0 amide bonds. The Balaban J connectivity index is 2.30. The van der Waals surface area contributed by atoms with Gasteiger partial charge in [-0.15, -0.1) is 0 Å². The Labute approximate surface area is 106 Å². The fraction of sp³-hybridized carbons (Fsp3) is 0.500. The quantitative estimate of drug-likeness (QED) is 0.861. The molecule has 1 fully saturated rings. The van der Waals surface area contributed by atoms with Gasteiger partial charge in [-0.05, 0) is 55.5 Å². The lowest BCUT2D eigenvalue weighted by Gasteiger charge is -2.42. The van der Waals surface area contributed by atoms with Crippen molar-refractivity contribution in [3.05, 3.63) is 28.8 Å². The second kappa shape index (κ2) is 4.28. The van der Waals surface area contributed by atoms with Crippen molar-refractivity contribution in [3.8, 4) is 5.75 Å². The maximum Gasteiger partial charge on any atom is 0.306 e. The molecule has 0 saturated heterocycles. The number of rotatable bonds is 3. The SMILES string of the molecule is COc1cc(C)c(C2(O)CC(C(=O)O)C2)cc1C. The smallest absolute Gasteiger partial charge is 0.306 e. The normalized spacial score (nSPS) is 26.6. The summed E-state index contributed by atoms with van der Waals surface area (Å²) >= 11 is 0. The van der Waals surface area contributed by atoms with E-state index in [9.17, 15) is 9.90 Å². The average Bonchev–Trinajstić information content (AvgIpc) is 2.27. The molecule has 0 spiro atoms. The van der Waals surface area contributed by atoms with E-state index in [0.29, 0.717) is 0 Å². The molecule has 0 radical (unpaired) electrons. The van der Waals surface area contributed by atoms with E-state index in [0.717, 1.165) is 22.4 Å². The third kappa shape index (κ3) is 1.97. The number of hydrogen-bond donors (Lipinski definition) is 2. The van der Waals surface area contributed by atoms with E-state index in [2.05, 4.69) is 0 Å². The fourth-order valence-electron chi connectivity index (χ4n) is 2.66. The molecule has 18 heavy (non-hydrogen) atoms. The van der Waals surface area contributed by atoms with Gasteiger partial charge in [0.15, 0.2) is 0 Å². The zero-order valence-electron chi connectivity index (χ0n) is 10.9. The van der Waals surface area contributed by atoms with Crippen LogP contribution in [0.1, 0.15) is 29.5 Å². The summed E-state index contributed by atoms with van der Waals surface area (Å²) in [5.74, 6) is -0.478. The summed E-state index contributed by atoms with van der Waals surface area (Å²) in [4.78, 5) is 10.8. The molecule has 0 heterocycles. The highest BCUT2D eigenvalue weighted by molar-refractivity contribution is 5.72. The molecule has 0 atom stereocenters. The number of hydrogen-bond acceptors (Lipinski definition) is 3. The van der Waals surface area contributed by atoms with Crippen LogP contribution in [-0.4, -0.2) is 23.3 Å². The van der Waals surface area contributed by atoms with Crippen molar-refractivity contribution in [2.45, 2.75) is 32.3 Å². The molecule has 0 unspecified atom stereocenters. The predicted octanol–water partition coefficient (Wildman–Crippen LogP) is 1.99. The van der Waals surface area contributed by atoms with Crippen LogP contribution in [0.15, 0.2) is 12.1 Å². The van der Waals surface area contributed by atoms with E-state index in [-0.39, 0.29) is 12.8 Å². The van der Waals surface area contributed by atoms with Gasteiger partial charge >= 0.3 is 5.97 Å². The van der Waals surface area contributed by atoms with E-state index >= 15 is 0 Å². The van der Waals surface area contributed by atoms with Crippen LogP contribution in [0.25, 0.3) is 0 Å². The zero-order valence-corrected chi connectivity index (χ0v) is 10.9. The highest BCUT2D eigenvalue weighted by atomic mass is 16.5. The Hall–Kier alpha value is -1.55. The third-order valence-electron chi connectivity index (χ3n) is 3.76. The maximum atomic E-state index is 10.8. The first-order valence-electron chi connectivity index (χ1n) is 5.98. The lowest BCUT2D eigenvalue weighted by atomic mass is 9.66. The largest absolute Gasteiger partial charge is 0.496 e. The first-order valence-corrected chi connectivity index (χ1v) is 5.98. The molecule has 0 bridgehead atoms. The van der Waals surface area contributed by atoms with Crippen molar-refractivity contribution < 1.29 is 19.7 Å². The molecule has 2 N–H and O–H groups in total. The topological polar surface area (TPSA) is 66.8 Å². The Morgan fingerprint density at radius 2 is 1.94 bits per heavy atom. The summed E-state index contributed by atoms with van der Waals surface area (Å²) in [5.41, 5.74) is 1.71. The standard InChI is InChI=1S/C14H18O4/c1-8-5-12(18-3)9(2)4-11(8)14(17)6-10(7-14)13(15)16/h4-5,10,17H,6-7H2,1-3H3,(H,15,16). The van der Waals surface area contributed by atoms with Gasteiger partial charge in [0.25, 0.3) is 0 Å². The summed E-state index contributed by atoms with van der Waals surface area (Å²) in [6, 6.07) is 3.78. The van der Waals surface area contributed by atoms with Gasteiger partial charge in [-0.25, -0.2) is 0 Å². The number of aliphatic carboxylic acids is 1. The van der Waals surface area contributed by atoms with Gasteiger partial charge in [-0.1, -0.05) is 0 Å². The second-order valence-corrected chi connectivity index (χ2v) is 5.11. The molecule has 0 aliphatic heterocycles. The summed E-state index contributed by atoms with van der Waals surface area (Å²) in [6.07, 6.45) is 0.573. The third-order valence-corrected chi connectivity index (χ3v) is 3.76. The lowest BCUT2D eigenvalue weighted by molar-refractivity contribution is -0.159. The van der Waals surface area contributed by atoms with Crippen LogP contribution in [0.2, 0.25) is 0 Å². The van der Waals surface area contributed by atoms with Crippen LogP contribution in [0.5, 0.6) is 5.75 Å². The van der Waals surface area contributed by atoms with Gasteiger partial charge in [0, 0.05) is 0 Å². The van der Waals surface area contributed by atoms with Gasteiger partial charge in [-0.3, -0.25) is 4.79 Å². The number of benzene rings is 1. The van der Waals surface area contributed by atoms with Crippen LogP contribution >= 0.6 is 0 Å². The van der Waals surface area contributed by atoms with Crippen molar-refractivity contribution in [1.82, 2.24) is 0 Å². The van der Waals surface area contributed by atoms with Gasteiger partial charge < -0.3 is 14.9 Å².